The smallest absolute Gasteiger partial charge is 0.396 e. The summed E-state index contributed by atoms with van der Waals surface area (Å²) in [5.41, 5.74) is 24.4. The second-order valence-corrected chi connectivity index (χ2v) is 24.7. The molecule has 20 aromatic rings. The van der Waals surface area contributed by atoms with Crippen molar-refractivity contribution in [2.45, 2.75) is 32.7 Å². The van der Waals surface area contributed by atoms with E-state index in [9.17, 15) is 0 Å². The molecule has 5 aliphatic rings. The van der Waals surface area contributed by atoms with Crippen LogP contribution in [0.15, 0.2) is 238 Å². The van der Waals surface area contributed by atoms with Crippen LogP contribution >= 0.6 is 11.3 Å². The highest BCUT2D eigenvalue weighted by Gasteiger charge is 2.36. The molecule has 0 atom stereocenters. The molecule has 0 fully saturated rings. The van der Waals surface area contributed by atoms with Crippen molar-refractivity contribution in [2.24, 2.45) is 0 Å². The first kappa shape index (κ1) is 51.7. The summed E-state index contributed by atoms with van der Waals surface area (Å²) in [6.07, 6.45) is 39.3. The first-order valence-electron chi connectivity index (χ1n) is 31.0. The first-order chi connectivity index (χ1) is 47.1. The Hall–Kier alpha value is -13.0. The molecule has 25 heterocycles. The van der Waals surface area contributed by atoms with E-state index in [0.29, 0.717) is 0 Å². The number of hydrogen-bond acceptors (Lipinski definition) is 12. The van der Waals surface area contributed by atoms with Crippen molar-refractivity contribution in [3.63, 3.8) is 0 Å². The fourth-order valence-corrected chi connectivity index (χ4v) is 15.5. The van der Waals surface area contributed by atoms with E-state index in [0.717, 1.165) is 123 Å². The zero-order valence-electron chi connectivity index (χ0n) is 50.1. The Labute approximate surface area is 538 Å². The summed E-state index contributed by atoms with van der Waals surface area (Å²) < 4.78 is 35.2. The molecular weight excluding hydrogens is 1210 g/mol. The van der Waals surface area contributed by atoms with Gasteiger partial charge in [-0.05, 0) is 109 Å². The summed E-state index contributed by atoms with van der Waals surface area (Å²) >= 11 is 1.78. The van der Waals surface area contributed by atoms with Gasteiger partial charge >= 0.3 is 17.3 Å². The van der Waals surface area contributed by atoms with Gasteiger partial charge in [0.05, 0.1) is 46.4 Å². The van der Waals surface area contributed by atoms with Gasteiger partial charge in [-0.1, -0.05) is 11.3 Å². The van der Waals surface area contributed by atoms with E-state index >= 15 is 0 Å². The molecule has 0 aliphatic carbocycles. The molecule has 0 amide bonds. The van der Waals surface area contributed by atoms with Crippen LogP contribution in [0.1, 0.15) is 28.5 Å². The maximum Gasteiger partial charge on any atom is 0.410 e. The van der Waals surface area contributed by atoms with Crippen LogP contribution in [0.25, 0.3) is 123 Å². The number of imidazole rings is 8. The van der Waals surface area contributed by atoms with Crippen molar-refractivity contribution in [1.29, 1.82) is 0 Å². The number of thiazole rings is 1. The highest BCUT2D eigenvalue weighted by atomic mass is 32.1. The van der Waals surface area contributed by atoms with E-state index < -0.39 is 0 Å². The summed E-state index contributed by atoms with van der Waals surface area (Å²) in [5, 5.41) is 4.45. The fourth-order valence-electron chi connectivity index (χ4n) is 14.4. The summed E-state index contributed by atoms with van der Waals surface area (Å²) in [4.78, 5) is 41.1. The van der Waals surface area contributed by atoms with Crippen LogP contribution in [0, 0.1) is 0 Å². The second kappa shape index (κ2) is 19.7. The van der Waals surface area contributed by atoms with Gasteiger partial charge in [0.1, 0.15) is 104 Å². The van der Waals surface area contributed by atoms with E-state index in [1.165, 1.54) is 60.4 Å². The molecule has 0 radical (unpaired) electrons. The molecule has 5 aliphatic heterocycles. The van der Waals surface area contributed by atoms with Crippen LogP contribution in [0.2, 0.25) is 0 Å². The summed E-state index contributed by atoms with van der Waals surface area (Å²) in [7, 11) is 0. The lowest BCUT2D eigenvalue weighted by atomic mass is 10.2. The number of pyridine rings is 7. The topological polar surface area (TPSA) is 200 Å². The van der Waals surface area contributed by atoms with Gasteiger partial charge in [0.2, 0.25) is 11.2 Å². The van der Waals surface area contributed by atoms with Crippen molar-refractivity contribution >= 4 is 77.6 Å². The molecule has 0 N–H and O–H groups in total. The molecule has 95 heavy (non-hydrogen) atoms. The molecule has 25 heteroatoms. The minimum Gasteiger partial charge on any atom is -0.396 e. The third kappa shape index (κ3) is 7.65. The Kier molecular flexibility index (Phi) is 10.7. The lowest BCUT2D eigenvalue weighted by Crippen LogP contribution is -2.29. The zero-order chi connectivity index (χ0) is 62.0. The summed E-state index contributed by atoms with van der Waals surface area (Å²) in [6.45, 7) is 4.11. The average molecular weight is 1260 g/mol. The molecule has 0 saturated carbocycles. The van der Waals surface area contributed by atoms with Gasteiger partial charge in [0.25, 0.3) is 27.7 Å². The van der Waals surface area contributed by atoms with Gasteiger partial charge in [-0.15, -0.1) is 19.6 Å². The van der Waals surface area contributed by atoms with Crippen LogP contribution < -0.4 is 22.2 Å². The standard InChI is InChI=1S/3C14H10N5.C14H9N4O.C14H9N4S/c1-3-10-7-18-9-17-8-12-11(4-2-5-15-12)13(17)14(18)19(10)16-6-1;1-3-10-11(15-4-1)7-17-9-13-18-6-2-5-16-12(18)8-19(13)14(10)17;1-3-10-11(15-4-1)7-19-12(10)8-17-9-13-16-5-2-6-18(13)14(17)19;2*1-3-9-10(15-5-1)7-17-11(9)8-18-13-12(19-14(17)18)4-2-6-16-13/h1-7,9H,8H2;2*1-6,8-9H,7H2;2*1-6,8H,7H2/q5*+1. The van der Waals surface area contributed by atoms with Crippen LogP contribution in [-0.2, 0) is 32.7 Å². The van der Waals surface area contributed by atoms with Crippen molar-refractivity contribution < 1.29 is 26.6 Å². The molecule has 0 unspecified atom stereocenters. The third-order valence-corrected chi connectivity index (χ3v) is 19.6. The molecule has 0 spiro atoms. The number of aromatic nitrogens is 23. The van der Waals surface area contributed by atoms with Gasteiger partial charge < -0.3 is 4.42 Å². The van der Waals surface area contributed by atoms with Crippen molar-refractivity contribution in [1.82, 2.24) is 85.9 Å². The summed E-state index contributed by atoms with van der Waals surface area (Å²) in [6, 6.07) is 36.4. The van der Waals surface area contributed by atoms with Crippen LogP contribution in [0.5, 0.6) is 0 Å². The number of hydrogen-bond donors (Lipinski definition) is 0. The Morgan fingerprint density at radius 1 is 0.453 bits per heavy atom. The highest BCUT2D eigenvalue weighted by molar-refractivity contribution is 7.22. The largest absolute Gasteiger partial charge is 0.410 e. The lowest BCUT2D eigenvalue weighted by Gasteiger charge is -1.93. The normalized spacial score (nSPS) is 13.1. The number of oxazole rings is 1. The monoisotopic (exact) mass is 1260 g/mol. The molecule has 20 aromatic heterocycles. The quantitative estimate of drug-likeness (QED) is 0.134. The average Bonchev–Trinajstić information content (AvgIpc) is 1.61. The predicted molar refractivity (Wildman–Crippen MR) is 347 cm³/mol. The minimum absolute atomic E-state index is 0.752. The van der Waals surface area contributed by atoms with Crippen LogP contribution in [0.3, 0.4) is 0 Å². The Morgan fingerprint density at radius 3 is 1.85 bits per heavy atom. The Bertz CT molecular complexity index is 6380. The van der Waals surface area contributed by atoms with Crippen LogP contribution in [-0.4, -0.2) is 85.9 Å². The minimum atomic E-state index is 0.752. The molecule has 450 valence electrons. The van der Waals surface area contributed by atoms with Crippen molar-refractivity contribution in [2.75, 3.05) is 0 Å². The SMILES string of the molecule is c1cnc2c(c1)-c1c3n4ncccc4c[n+]3cn1C2.c1cnc2c(c1)-c1c[n+]3c4ncccc4oc3n1C2.c1cnc2c(c1)-c1c[n+]3c4ncccc4sc3n1C2.c1cnc2c(c1)-c1c[n+]3cc4ncccn4c3n1C2.c1cnc2c(c1)-c1n3cc4ncccn4c3c[n+]1C2. The zero-order valence-corrected chi connectivity index (χ0v) is 50.9. The molecule has 0 bridgehead atoms. The molecule has 25 rings (SSSR count). The maximum atomic E-state index is 5.90. The van der Waals surface area contributed by atoms with Crippen LogP contribution in [0.4, 0.5) is 0 Å². The van der Waals surface area contributed by atoms with E-state index in [2.05, 4.69) is 191 Å². The third-order valence-electron chi connectivity index (χ3n) is 18.5. The molecule has 0 aromatic carbocycles. The molecule has 24 nitrogen and oxygen atoms in total. The highest BCUT2D eigenvalue weighted by Crippen LogP contribution is 2.37. The van der Waals surface area contributed by atoms with E-state index in [4.69, 9.17) is 4.42 Å². The lowest BCUT2D eigenvalue weighted by molar-refractivity contribution is -0.670. The van der Waals surface area contributed by atoms with Gasteiger partial charge in [-0.25, -0.2) is 37.0 Å². The van der Waals surface area contributed by atoms with Crippen molar-refractivity contribution in [3.05, 3.63) is 262 Å². The van der Waals surface area contributed by atoms with E-state index in [1.54, 1.807) is 17.5 Å². The Morgan fingerprint density at radius 2 is 1.06 bits per heavy atom. The first-order valence-corrected chi connectivity index (χ1v) is 31.8. The van der Waals surface area contributed by atoms with Gasteiger partial charge in [-0.3, -0.25) is 33.9 Å². The van der Waals surface area contributed by atoms with Gasteiger partial charge in [-0.2, -0.15) is 17.6 Å². The Balaban J connectivity index is 0.0000000791. The number of rotatable bonds is 0. The fraction of sp³-hybridized carbons (Fsp3) is 0.0714. The van der Waals surface area contributed by atoms with E-state index in [1.807, 2.05) is 144 Å². The molecular formula is C70H48N23OS+5. The maximum absolute atomic E-state index is 5.90. The van der Waals surface area contributed by atoms with Crippen molar-refractivity contribution in [3.8, 4) is 56.4 Å². The summed E-state index contributed by atoms with van der Waals surface area (Å²) in [5.74, 6) is 3.11. The predicted octanol–water partition coefficient (Wildman–Crippen LogP) is 7.95. The van der Waals surface area contributed by atoms with E-state index in [-0.39, 0.29) is 0 Å². The number of nitrogens with zero attached hydrogens (tertiary/aromatic N) is 23. The van der Waals surface area contributed by atoms with Gasteiger partial charge in [0, 0.05) is 71.8 Å². The number of fused-ring (bicyclic) bond motifs is 35. The second-order valence-electron chi connectivity index (χ2n) is 23.7. The molecule has 0 saturated heterocycles. The van der Waals surface area contributed by atoms with Gasteiger partial charge in [0.15, 0.2) is 29.4 Å².